The van der Waals surface area contributed by atoms with E-state index in [2.05, 4.69) is 11.6 Å². The molecule has 1 aromatic heterocycles. The van der Waals surface area contributed by atoms with Crippen molar-refractivity contribution in [2.24, 2.45) is 0 Å². The van der Waals surface area contributed by atoms with Gasteiger partial charge in [-0.05, 0) is 43.2 Å². The number of hydrogen-bond donors (Lipinski definition) is 0. The Hall–Kier alpha value is -2.84. The van der Waals surface area contributed by atoms with Crippen molar-refractivity contribution < 1.29 is 23.8 Å². The first kappa shape index (κ1) is 24.8. The van der Waals surface area contributed by atoms with Crippen LogP contribution in [0.25, 0.3) is 0 Å². The summed E-state index contributed by atoms with van der Waals surface area (Å²) in [5.74, 6) is 1.99. The molecule has 1 fully saturated rings. The molecule has 2 aromatic rings. The van der Waals surface area contributed by atoms with Crippen LogP contribution in [0.4, 0.5) is 0 Å². The average molecular weight is 471 g/mol. The maximum atomic E-state index is 13.2. The lowest BCUT2D eigenvalue weighted by Crippen LogP contribution is -2.47. The number of aromatic nitrogens is 1. The Labute approximate surface area is 199 Å². The van der Waals surface area contributed by atoms with Crippen molar-refractivity contribution in [2.45, 2.75) is 30.9 Å². The van der Waals surface area contributed by atoms with E-state index in [1.165, 1.54) is 11.8 Å². The van der Waals surface area contributed by atoms with Gasteiger partial charge in [0.1, 0.15) is 23.5 Å². The van der Waals surface area contributed by atoms with Crippen LogP contribution < -0.4 is 9.47 Å². The van der Waals surface area contributed by atoms with Crippen LogP contribution in [0.3, 0.4) is 0 Å². The topological polar surface area (TPSA) is 78.0 Å². The minimum atomic E-state index is -0.259. The van der Waals surface area contributed by atoms with Gasteiger partial charge >= 0.3 is 0 Å². The predicted molar refractivity (Wildman–Crippen MR) is 128 cm³/mol. The van der Waals surface area contributed by atoms with Gasteiger partial charge in [0.2, 0.25) is 0 Å². The summed E-state index contributed by atoms with van der Waals surface area (Å²) in [7, 11) is 1.59. The summed E-state index contributed by atoms with van der Waals surface area (Å²) in [4.78, 5) is 30.5. The number of ether oxygens (including phenoxy) is 3. The summed E-state index contributed by atoms with van der Waals surface area (Å²) in [6, 6.07) is 9.25. The first-order chi connectivity index (χ1) is 16.0. The summed E-state index contributed by atoms with van der Waals surface area (Å²) in [5, 5.41) is 0.705. The Morgan fingerprint density at radius 3 is 2.94 bits per heavy atom. The molecule has 0 N–H and O–H groups in total. The Morgan fingerprint density at radius 2 is 2.18 bits per heavy atom. The fourth-order valence-corrected chi connectivity index (χ4v) is 4.19. The van der Waals surface area contributed by atoms with E-state index in [1.54, 1.807) is 43.3 Å². The third-order valence-electron chi connectivity index (χ3n) is 5.18. The molecule has 1 unspecified atom stereocenters. The molecule has 0 spiro atoms. The molecule has 0 aliphatic carbocycles. The fourth-order valence-electron chi connectivity index (χ4n) is 3.47. The number of hydrogen-bond acceptors (Lipinski definition) is 7. The molecule has 1 amide bonds. The van der Waals surface area contributed by atoms with Gasteiger partial charge in [0.05, 0.1) is 25.8 Å². The molecule has 0 radical (unpaired) electrons. The maximum Gasteiger partial charge on any atom is 0.256 e. The second-order valence-electron chi connectivity index (χ2n) is 7.70. The van der Waals surface area contributed by atoms with Gasteiger partial charge in [-0.2, -0.15) is 0 Å². The lowest BCUT2D eigenvalue weighted by atomic mass is 10.1. The molecule has 8 heteroatoms. The molecular weight excluding hydrogens is 440 g/mol. The van der Waals surface area contributed by atoms with Crippen LogP contribution >= 0.6 is 11.8 Å². The highest BCUT2D eigenvalue weighted by molar-refractivity contribution is 7.99. The van der Waals surface area contributed by atoms with Crippen molar-refractivity contribution in [3.8, 4) is 11.5 Å². The molecule has 0 saturated carbocycles. The van der Waals surface area contributed by atoms with E-state index < -0.39 is 0 Å². The number of carbonyl (C=O) groups excluding carboxylic acids is 2. The Bertz CT molecular complexity index is 981. The number of ketones is 1. The van der Waals surface area contributed by atoms with Crippen LogP contribution in [-0.4, -0.2) is 66.8 Å². The van der Waals surface area contributed by atoms with Gasteiger partial charge in [-0.25, -0.2) is 4.98 Å². The second kappa shape index (κ2) is 12.4. The lowest BCUT2D eigenvalue weighted by Gasteiger charge is -2.33. The zero-order valence-corrected chi connectivity index (χ0v) is 19.9. The number of Topliss-reactive ketones (excluding diaryl/α,β-unsaturated/α-hetero) is 1. The summed E-state index contributed by atoms with van der Waals surface area (Å²) >= 11 is 1.49. The van der Waals surface area contributed by atoms with Crippen LogP contribution in [-0.2, 0) is 16.0 Å². The highest BCUT2D eigenvalue weighted by Gasteiger charge is 2.27. The molecule has 3 rings (SSSR count). The smallest absolute Gasteiger partial charge is 0.256 e. The average Bonchev–Trinajstić information content (AvgIpc) is 2.85. The minimum absolute atomic E-state index is 0.0598. The van der Waals surface area contributed by atoms with Crippen LogP contribution in [0, 0.1) is 0 Å². The van der Waals surface area contributed by atoms with Gasteiger partial charge in [-0.1, -0.05) is 12.1 Å². The van der Waals surface area contributed by atoms with Crippen molar-refractivity contribution in [3.63, 3.8) is 0 Å². The van der Waals surface area contributed by atoms with E-state index in [0.29, 0.717) is 60.4 Å². The van der Waals surface area contributed by atoms with Crippen LogP contribution in [0.1, 0.15) is 29.3 Å². The van der Waals surface area contributed by atoms with E-state index in [-0.39, 0.29) is 24.4 Å². The number of aryl methyl sites for hydroxylation is 1. The molecular formula is C25H30N2O5S. The van der Waals surface area contributed by atoms with E-state index in [0.717, 1.165) is 5.56 Å². The summed E-state index contributed by atoms with van der Waals surface area (Å²) in [6.07, 6.45) is 4.38. The largest absolute Gasteiger partial charge is 0.493 e. The third-order valence-corrected chi connectivity index (χ3v) is 6.19. The van der Waals surface area contributed by atoms with E-state index >= 15 is 0 Å². The molecule has 1 aliphatic heterocycles. The number of amides is 1. The highest BCUT2D eigenvalue weighted by Crippen LogP contribution is 2.29. The number of nitrogens with zero attached hydrogens (tertiary/aromatic N) is 2. The zero-order chi connectivity index (χ0) is 23.6. The number of morpholine rings is 1. The van der Waals surface area contributed by atoms with E-state index in [1.807, 2.05) is 18.2 Å². The van der Waals surface area contributed by atoms with Crippen LogP contribution in [0.5, 0.6) is 11.5 Å². The molecule has 2 heterocycles. The number of benzene rings is 1. The van der Waals surface area contributed by atoms with Crippen molar-refractivity contribution in [1.82, 2.24) is 9.88 Å². The Kier molecular flexibility index (Phi) is 9.33. The van der Waals surface area contributed by atoms with E-state index in [9.17, 15) is 9.59 Å². The molecule has 1 atom stereocenters. The highest BCUT2D eigenvalue weighted by atomic mass is 32.2. The summed E-state index contributed by atoms with van der Waals surface area (Å²) in [5.41, 5.74) is 1.61. The van der Waals surface area contributed by atoms with Gasteiger partial charge in [-0.3, -0.25) is 4.79 Å². The molecule has 0 bridgehead atoms. The SMILES string of the molecule is C=CCSc1ncccc1C(=O)N1CCOC(COc2ccc(CCC(C)=O)cc2OC)C1. The van der Waals surface area contributed by atoms with Gasteiger partial charge < -0.3 is 23.9 Å². The van der Waals surface area contributed by atoms with Gasteiger partial charge in [-0.15, -0.1) is 18.3 Å². The monoisotopic (exact) mass is 470 g/mol. The van der Waals surface area contributed by atoms with Crippen molar-refractivity contribution >= 4 is 23.5 Å². The maximum absolute atomic E-state index is 13.2. The van der Waals surface area contributed by atoms with Crippen molar-refractivity contribution in [2.75, 3.05) is 39.2 Å². The molecule has 1 aromatic carbocycles. The quantitative estimate of drug-likeness (QED) is 0.365. The fraction of sp³-hybridized carbons (Fsp3) is 0.400. The van der Waals surface area contributed by atoms with Crippen molar-refractivity contribution in [1.29, 1.82) is 0 Å². The van der Waals surface area contributed by atoms with Gasteiger partial charge in [0.15, 0.2) is 11.5 Å². The number of carbonyl (C=O) groups is 2. The second-order valence-corrected chi connectivity index (χ2v) is 8.71. The molecule has 1 aliphatic rings. The molecule has 176 valence electrons. The lowest BCUT2D eigenvalue weighted by molar-refractivity contribution is -0.116. The van der Waals surface area contributed by atoms with Gasteiger partial charge in [0.25, 0.3) is 5.91 Å². The predicted octanol–water partition coefficient (Wildman–Crippen LogP) is 3.81. The standard InChI is InChI=1S/C25H30N2O5S/c1-4-14-33-24-21(6-5-11-26-24)25(29)27-12-13-31-20(16-27)17-32-22-10-9-19(8-7-18(2)28)15-23(22)30-3/h4-6,9-11,15,20H,1,7-8,12-14,16-17H2,2-3H3. The first-order valence-corrected chi connectivity index (χ1v) is 11.9. The Balaban J connectivity index is 1.61. The van der Waals surface area contributed by atoms with Crippen LogP contribution in [0.15, 0.2) is 54.2 Å². The zero-order valence-electron chi connectivity index (χ0n) is 19.1. The number of methoxy groups -OCH3 is 1. The molecule has 7 nitrogen and oxygen atoms in total. The first-order valence-electron chi connectivity index (χ1n) is 10.9. The molecule has 1 saturated heterocycles. The summed E-state index contributed by atoms with van der Waals surface area (Å²) < 4.78 is 17.3. The van der Waals surface area contributed by atoms with Gasteiger partial charge in [0, 0.05) is 24.9 Å². The number of thioether (sulfide) groups is 1. The van der Waals surface area contributed by atoms with Crippen LogP contribution in [0.2, 0.25) is 0 Å². The minimum Gasteiger partial charge on any atom is -0.493 e. The number of pyridine rings is 1. The Morgan fingerprint density at radius 1 is 1.33 bits per heavy atom. The van der Waals surface area contributed by atoms with E-state index in [4.69, 9.17) is 14.2 Å². The molecule has 33 heavy (non-hydrogen) atoms. The van der Waals surface area contributed by atoms with Crippen molar-refractivity contribution in [3.05, 3.63) is 60.3 Å². The third kappa shape index (κ3) is 7.07. The normalized spacial score (nSPS) is 15.7. The summed E-state index contributed by atoms with van der Waals surface area (Å²) in [6.45, 7) is 6.99. The number of rotatable bonds is 11.